The van der Waals surface area contributed by atoms with Gasteiger partial charge in [-0.05, 0) is 29.1 Å². The predicted octanol–water partition coefficient (Wildman–Crippen LogP) is 2.87. The average molecular weight is 365 g/mol. The average Bonchev–Trinajstić information content (AvgIpc) is 3.00. The second kappa shape index (κ2) is 6.44. The molecule has 130 valence electrons. The zero-order valence-corrected chi connectivity index (χ0v) is 14.7. The van der Waals surface area contributed by atoms with Gasteiger partial charge in [0.1, 0.15) is 0 Å². The molecule has 1 atom stereocenters. The van der Waals surface area contributed by atoms with Gasteiger partial charge in [0.15, 0.2) is 16.5 Å². The number of aryl methyl sites for hydroxylation is 1. The summed E-state index contributed by atoms with van der Waals surface area (Å²) in [5, 5.41) is 5.93. The van der Waals surface area contributed by atoms with Crippen LogP contribution >= 0.6 is 0 Å². The lowest BCUT2D eigenvalue weighted by Crippen LogP contribution is -2.01. The minimum Gasteiger partial charge on any atom is -0.306 e. The molecule has 26 heavy (non-hydrogen) atoms. The summed E-state index contributed by atoms with van der Waals surface area (Å²) in [4.78, 5) is 17.6. The first-order chi connectivity index (χ1) is 12.5. The molecule has 0 fully saturated rings. The van der Waals surface area contributed by atoms with Crippen molar-refractivity contribution in [3.05, 3.63) is 70.8 Å². The first kappa shape index (κ1) is 16.6. The molecule has 1 unspecified atom stereocenters. The van der Waals surface area contributed by atoms with Gasteiger partial charge in [0, 0.05) is 41.3 Å². The molecule has 0 aliphatic heterocycles. The van der Waals surface area contributed by atoms with Gasteiger partial charge in [-0.1, -0.05) is 18.2 Å². The molecule has 0 spiro atoms. The van der Waals surface area contributed by atoms with E-state index in [1.165, 1.54) is 0 Å². The van der Waals surface area contributed by atoms with Crippen LogP contribution in [0.4, 0.5) is 0 Å². The van der Waals surface area contributed by atoms with Crippen molar-refractivity contribution in [1.82, 2.24) is 14.8 Å². The van der Waals surface area contributed by atoms with Gasteiger partial charge in [-0.25, -0.2) is 4.21 Å². The van der Waals surface area contributed by atoms with Gasteiger partial charge < -0.3 is 4.55 Å². The van der Waals surface area contributed by atoms with Crippen LogP contribution in [-0.4, -0.2) is 23.5 Å². The molecule has 1 N–H and O–H groups in total. The maximum atomic E-state index is 13.1. The number of aromatic nitrogens is 3. The minimum atomic E-state index is -1.96. The number of benzene rings is 1. The van der Waals surface area contributed by atoms with Crippen LogP contribution in [0.5, 0.6) is 0 Å². The third-order valence-corrected chi connectivity index (χ3v) is 4.85. The number of hydrogen-bond acceptors (Lipinski definition) is 4. The van der Waals surface area contributed by atoms with E-state index in [-0.39, 0.29) is 11.2 Å². The number of rotatable bonds is 3. The lowest BCUT2D eigenvalue weighted by Gasteiger charge is -1.99. The highest BCUT2D eigenvalue weighted by atomic mass is 32.2. The molecule has 0 aliphatic carbocycles. The third kappa shape index (κ3) is 3.02. The SMILES string of the molecule is Cn1cc(-c2cnc3ccc4ccc(CS(=O)O)cc4c(=O)c3c2)cn1. The Labute approximate surface area is 151 Å². The summed E-state index contributed by atoms with van der Waals surface area (Å²) < 4.78 is 21.9. The Hall–Kier alpha value is -2.90. The fourth-order valence-electron chi connectivity index (χ4n) is 3.01. The number of nitrogens with zero attached hydrogens (tertiary/aromatic N) is 3. The van der Waals surface area contributed by atoms with Crippen molar-refractivity contribution < 1.29 is 8.76 Å². The lowest BCUT2D eigenvalue weighted by atomic mass is 10.1. The third-order valence-electron chi connectivity index (χ3n) is 4.27. The Morgan fingerprint density at radius 3 is 2.62 bits per heavy atom. The van der Waals surface area contributed by atoms with E-state index in [0.717, 1.165) is 16.5 Å². The minimum absolute atomic E-state index is 0.00882. The van der Waals surface area contributed by atoms with E-state index < -0.39 is 11.1 Å². The van der Waals surface area contributed by atoms with Gasteiger partial charge in [0.25, 0.3) is 0 Å². The van der Waals surface area contributed by atoms with Gasteiger partial charge >= 0.3 is 0 Å². The van der Waals surface area contributed by atoms with E-state index in [1.54, 1.807) is 35.3 Å². The van der Waals surface area contributed by atoms with E-state index in [4.69, 9.17) is 4.55 Å². The Kier molecular flexibility index (Phi) is 4.10. The van der Waals surface area contributed by atoms with E-state index in [9.17, 15) is 9.00 Å². The predicted molar refractivity (Wildman–Crippen MR) is 102 cm³/mol. The first-order valence-corrected chi connectivity index (χ1v) is 9.21. The zero-order valence-electron chi connectivity index (χ0n) is 13.9. The molecule has 0 saturated carbocycles. The van der Waals surface area contributed by atoms with Crippen molar-refractivity contribution in [2.45, 2.75) is 5.75 Å². The first-order valence-electron chi connectivity index (χ1n) is 7.93. The summed E-state index contributed by atoms with van der Waals surface area (Å²) in [6.45, 7) is 0. The van der Waals surface area contributed by atoms with Gasteiger partial charge in [0.2, 0.25) is 0 Å². The van der Waals surface area contributed by atoms with Crippen LogP contribution in [0.1, 0.15) is 5.56 Å². The summed E-state index contributed by atoms with van der Waals surface area (Å²) in [5.41, 5.74) is 2.80. The molecule has 0 bridgehead atoms. The quantitative estimate of drug-likeness (QED) is 0.564. The summed E-state index contributed by atoms with van der Waals surface area (Å²) in [6, 6.07) is 10.7. The smallest absolute Gasteiger partial charge is 0.195 e. The molecule has 4 rings (SSSR count). The highest BCUT2D eigenvalue weighted by Gasteiger charge is 2.08. The second-order valence-corrected chi connectivity index (χ2v) is 7.04. The largest absolute Gasteiger partial charge is 0.306 e. The molecular formula is C19H15N3O3S. The van der Waals surface area contributed by atoms with Crippen molar-refractivity contribution in [2.24, 2.45) is 7.05 Å². The fourth-order valence-corrected chi connectivity index (χ4v) is 3.47. The van der Waals surface area contributed by atoms with Crippen molar-refractivity contribution in [1.29, 1.82) is 0 Å². The van der Waals surface area contributed by atoms with Crippen molar-refractivity contribution >= 4 is 32.8 Å². The summed E-state index contributed by atoms with van der Waals surface area (Å²) >= 11 is -1.96. The van der Waals surface area contributed by atoms with Crippen LogP contribution in [0, 0.1) is 0 Å². The highest BCUT2D eigenvalue weighted by Crippen LogP contribution is 2.22. The lowest BCUT2D eigenvalue weighted by molar-refractivity contribution is 0.563. The Morgan fingerprint density at radius 2 is 1.88 bits per heavy atom. The number of hydrogen-bond donors (Lipinski definition) is 1. The summed E-state index contributed by atoms with van der Waals surface area (Å²) in [7, 11) is 1.83. The highest BCUT2D eigenvalue weighted by molar-refractivity contribution is 7.78. The molecular weight excluding hydrogens is 350 g/mol. The van der Waals surface area contributed by atoms with Crippen LogP contribution in [0.25, 0.3) is 32.8 Å². The molecule has 2 aromatic heterocycles. The van der Waals surface area contributed by atoms with Crippen molar-refractivity contribution in [2.75, 3.05) is 0 Å². The monoisotopic (exact) mass is 365 g/mol. The molecule has 0 amide bonds. The Balaban J connectivity index is 1.99. The molecule has 4 aromatic rings. The van der Waals surface area contributed by atoms with E-state index in [1.807, 2.05) is 31.4 Å². The van der Waals surface area contributed by atoms with Crippen LogP contribution in [-0.2, 0) is 23.9 Å². The summed E-state index contributed by atoms with van der Waals surface area (Å²) in [5.74, 6) is -0.00882. The number of pyridine rings is 1. The molecule has 0 saturated heterocycles. The normalized spacial score (nSPS) is 12.5. The van der Waals surface area contributed by atoms with E-state index in [0.29, 0.717) is 21.9 Å². The van der Waals surface area contributed by atoms with Gasteiger partial charge in [-0.3, -0.25) is 14.5 Å². The Bertz CT molecular complexity index is 1230. The van der Waals surface area contributed by atoms with Crippen LogP contribution < -0.4 is 5.43 Å². The maximum Gasteiger partial charge on any atom is 0.195 e. The van der Waals surface area contributed by atoms with E-state index >= 15 is 0 Å². The van der Waals surface area contributed by atoms with Crippen LogP contribution in [0.2, 0.25) is 0 Å². The Morgan fingerprint density at radius 1 is 1.08 bits per heavy atom. The zero-order chi connectivity index (χ0) is 18.3. The van der Waals surface area contributed by atoms with Crippen LogP contribution in [0.3, 0.4) is 0 Å². The standard InChI is InChI=1S/C19H15N3O3S/c1-22-10-15(9-21-22)14-7-17-18(20-8-14)5-4-13-3-2-12(11-26(24)25)6-16(13)19(17)23/h2-10H,11H2,1H3,(H,24,25). The fraction of sp³-hybridized carbons (Fsp3) is 0.105. The van der Waals surface area contributed by atoms with Crippen molar-refractivity contribution in [3.8, 4) is 11.1 Å². The van der Waals surface area contributed by atoms with Gasteiger partial charge in [-0.2, -0.15) is 5.10 Å². The maximum absolute atomic E-state index is 13.1. The summed E-state index contributed by atoms with van der Waals surface area (Å²) in [6.07, 6.45) is 5.32. The molecule has 7 heteroatoms. The van der Waals surface area contributed by atoms with Crippen LogP contribution in [0.15, 0.2) is 59.8 Å². The molecule has 6 nitrogen and oxygen atoms in total. The van der Waals surface area contributed by atoms with E-state index in [2.05, 4.69) is 10.1 Å². The van der Waals surface area contributed by atoms with Crippen molar-refractivity contribution in [3.63, 3.8) is 0 Å². The molecule has 0 radical (unpaired) electrons. The molecule has 0 aliphatic rings. The molecule has 2 heterocycles. The van der Waals surface area contributed by atoms with Gasteiger partial charge in [-0.15, -0.1) is 0 Å². The van der Waals surface area contributed by atoms with Gasteiger partial charge in [0.05, 0.1) is 17.5 Å². The second-order valence-electron chi connectivity index (χ2n) is 6.11. The molecule has 2 aromatic carbocycles. The topological polar surface area (TPSA) is 85.1 Å². The number of fused-ring (bicyclic) bond motifs is 2.